The SMILES string of the molecule is Cc1ccoc1[C@H]1[C@H](N)C1(C)C. The Morgan fingerprint density at radius 3 is 2.42 bits per heavy atom. The number of hydrogen-bond acceptors (Lipinski definition) is 2. The summed E-state index contributed by atoms with van der Waals surface area (Å²) in [5, 5.41) is 0. The quantitative estimate of drug-likeness (QED) is 0.691. The second-order valence-corrected chi connectivity index (χ2v) is 4.29. The van der Waals surface area contributed by atoms with Crippen molar-refractivity contribution in [2.75, 3.05) is 0 Å². The molecular formula is C10H15NO. The average molecular weight is 165 g/mol. The van der Waals surface area contributed by atoms with E-state index in [1.165, 1.54) is 5.56 Å². The minimum atomic E-state index is 0.225. The summed E-state index contributed by atoms with van der Waals surface area (Å²) >= 11 is 0. The number of furan rings is 1. The molecule has 1 aliphatic rings. The lowest BCUT2D eigenvalue weighted by atomic mass is 10.1. The van der Waals surface area contributed by atoms with Crippen LogP contribution in [-0.4, -0.2) is 6.04 Å². The molecule has 1 heterocycles. The summed E-state index contributed by atoms with van der Waals surface area (Å²) in [5.74, 6) is 1.50. The highest BCUT2D eigenvalue weighted by Gasteiger charge is 2.58. The molecule has 0 aromatic carbocycles. The zero-order valence-corrected chi connectivity index (χ0v) is 7.79. The van der Waals surface area contributed by atoms with E-state index in [4.69, 9.17) is 10.2 Å². The summed E-state index contributed by atoms with van der Waals surface area (Å²) in [7, 11) is 0. The van der Waals surface area contributed by atoms with Crippen molar-refractivity contribution in [3.8, 4) is 0 Å². The van der Waals surface area contributed by atoms with Crippen LogP contribution in [0.2, 0.25) is 0 Å². The van der Waals surface area contributed by atoms with Crippen LogP contribution in [0.4, 0.5) is 0 Å². The molecule has 1 aromatic rings. The first-order valence-corrected chi connectivity index (χ1v) is 4.34. The molecule has 2 nitrogen and oxygen atoms in total. The lowest BCUT2D eigenvalue weighted by molar-refractivity contribution is 0.479. The van der Waals surface area contributed by atoms with Crippen LogP contribution >= 0.6 is 0 Å². The Balaban J connectivity index is 2.30. The first kappa shape index (κ1) is 7.87. The van der Waals surface area contributed by atoms with Crippen molar-refractivity contribution in [1.82, 2.24) is 0 Å². The minimum Gasteiger partial charge on any atom is -0.469 e. The zero-order valence-electron chi connectivity index (χ0n) is 7.79. The minimum absolute atomic E-state index is 0.225. The van der Waals surface area contributed by atoms with Gasteiger partial charge in [-0.05, 0) is 24.0 Å². The Bertz CT molecular complexity index is 301. The lowest BCUT2D eigenvalue weighted by Gasteiger charge is -1.99. The van der Waals surface area contributed by atoms with Gasteiger partial charge in [0.25, 0.3) is 0 Å². The molecule has 0 spiro atoms. The molecule has 2 heteroatoms. The monoisotopic (exact) mass is 165 g/mol. The van der Waals surface area contributed by atoms with E-state index in [1.54, 1.807) is 6.26 Å². The van der Waals surface area contributed by atoms with Gasteiger partial charge < -0.3 is 10.2 Å². The Morgan fingerprint density at radius 1 is 1.50 bits per heavy atom. The third-order valence-corrected chi connectivity index (χ3v) is 3.09. The molecule has 2 rings (SSSR count). The van der Waals surface area contributed by atoms with Gasteiger partial charge in [-0.3, -0.25) is 0 Å². The summed E-state index contributed by atoms with van der Waals surface area (Å²) in [5.41, 5.74) is 7.39. The molecule has 66 valence electrons. The first-order valence-electron chi connectivity index (χ1n) is 4.34. The predicted molar refractivity (Wildman–Crippen MR) is 47.9 cm³/mol. The molecule has 0 radical (unpaired) electrons. The summed E-state index contributed by atoms with van der Waals surface area (Å²) < 4.78 is 5.41. The summed E-state index contributed by atoms with van der Waals surface area (Å²) in [6.45, 7) is 6.44. The second kappa shape index (κ2) is 2.13. The van der Waals surface area contributed by atoms with Crippen molar-refractivity contribution in [1.29, 1.82) is 0 Å². The maximum Gasteiger partial charge on any atom is 0.111 e. The molecule has 2 atom stereocenters. The van der Waals surface area contributed by atoms with Gasteiger partial charge in [0.2, 0.25) is 0 Å². The molecule has 0 bridgehead atoms. The van der Waals surface area contributed by atoms with Crippen LogP contribution in [0.1, 0.15) is 31.1 Å². The Labute approximate surface area is 72.7 Å². The van der Waals surface area contributed by atoms with E-state index in [2.05, 4.69) is 20.8 Å². The van der Waals surface area contributed by atoms with Crippen molar-refractivity contribution in [2.24, 2.45) is 11.1 Å². The second-order valence-electron chi connectivity index (χ2n) is 4.29. The van der Waals surface area contributed by atoms with Crippen LogP contribution in [0.5, 0.6) is 0 Å². The largest absolute Gasteiger partial charge is 0.469 e. The van der Waals surface area contributed by atoms with Crippen LogP contribution < -0.4 is 5.73 Å². The lowest BCUT2D eigenvalue weighted by Crippen LogP contribution is -2.06. The predicted octanol–water partition coefficient (Wildman–Crippen LogP) is 2.04. The van der Waals surface area contributed by atoms with Gasteiger partial charge in [-0.15, -0.1) is 0 Å². The van der Waals surface area contributed by atoms with Crippen LogP contribution in [-0.2, 0) is 0 Å². The summed E-state index contributed by atoms with van der Waals surface area (Å²) in [4.78, 5) is 0. The fourth-order valence-electron chi connectivity index (χ4n) is 1.88. The van der Waals surface area contributed by atoms with E-state index in [0.717, 1.165) is 5.76 Å². The zero-order chi connectivity index (χ0) is 8.93. The van der Waals surface area contributed by atoms with E-state index in [1.807, 2.05) is 6.07 Å². The van der Waals surface area contributed by atoms with Gasteiger partial charge in [0.05, 0.1) is 6.26 Å². The fourth-order valence-corrected chi connectivity index (χ4v) is 1.88. The van der Waals surface area contributed by atoms with Crippen molar-refractivity contribution < 1.29 is 4.42 Å². The van der Waals surface area contributed by atoms with Gasteiger partial charge in [-0.2, -0.15) is 0 Å². The Hall–Kier alpha value is -0.760. The first-order chi connectivity index (χ1) is 5.55. The number of aryl methyl sites for hydroxylation is 1. The van der Waals surface area contributed by atoms with Crippen molar-refractivity contribution in [3.05, 3.63) is 23.7 Å². The fraction of sp³-hybridized carbons (Fsp3) is 0.600. The molecule has 0 saturated heterocycles. The van der Waals surface area contributed by atoms with Crippen LogP contribution in [0.15, 0.2) is 16.7 Å². The van der Waals surface area contributed by atoms with Crippen molar-refractivity contribution in [2.45, 2.75) is 32.7 Å². The highest BCUT2D eigenvalue weighted by Crippen LogP contribution is 2.57. The third kappa shape index (κ3) is 0.845. The molecule has 1 aromatic heterocycles. The van der Waals surface area contributed by atoms with Crippen molar-refractivity contribution >= 4 is 0 Å². The normalized spacial score (nSPS) is 32.0. The van der Waals surface area contributed by atoms with E-state index < -0.39 is 0 Å². The van der Waals surface area contributed by atoms with Gasteiger partial charge in [-0.25, -0.2) is 0 Å². The van der Waals surface area contributed by atoms with Gasteiger partial charge in [0.1, 0.15) is 5.76 Å². The summed E-state index contributed by atoms with van der Waals surface area (Å²) in [6, 6.07) is 2.26. The Morgan fingerprint density at radius 2 is 2.08 bits per heavy atom. The standard InChI is InChI=1S/C10H15NO/c1-6-4-5-12-8(6)7-9(11)10(7,2)3/h4-5,7,9H,11H2,1-3H3/t7-,9-/m0/s1. The Kier molecular flexibility index (Phi) is 1.40. The molecule has 2 N–H and O–H groups in total. The van der Waals surface area contributed by atoms with E-state index in [9.17, 15) is 0 Å². The smallest absolute Gasteiger partial charge is 0.111 e. The topological polar surface area (TPSA) is 39.2 Å². The van der Waals surface area contributed by atoms with Gasteiger partial charge in [0.15, 0.2) is 0 Å². The number of rotatable bonds is 1. The van der Waals surface area contributed by atoms with E-state index in [0.29, 0.717) is 5.92 Å². The highest BCUT2D eigenvalue weighted by atomic mass is 16.3. The van der Waals surface area contributed by atoms with Gasteiger partial charge >= 0.3 is 0 Å². The average Bonchev–Trinajstić information content (AvgIpc) is 2.39. The molecule has 0 aliphatic heterocycles. The van der Waals surface area contributed by atoms with Crippen LogP contribution in [0.25, 0.3) is 0 Å². The molecule has 1 saturated carbocycles. The van der Waals surface area contributed by atoms with Crippen molar-refractivity contribution in [3.63, 3.8) is 0 Å². The van der Waals surface area contributed by atoms with E-state index >= 15 is 0 Å². The molecule has 1 aliphatic carbocycles. The maximum absolute atomic E-state index is 5.94. The van der Waals surface area contributed by atoms with Gasteiger partial charge in [0, 0.05) is 12.0 Å². The maximum atomic E-state index is 5.94. The molecule has 0 unspecified atom stereocenters. The van der Waals surface area contributed by atoms with E-state index in [-0.39, 0.29) is 11.5 Å². The van der Waals surface area contributed by atoms with Gasteiger partial charge in [-0.1, -0.05) is 13.8 Å². The molecule has 12 heavy (non-hydrogen) atoms. The summed E-state index contributed by atoms with van der Waals surface area (Å²) in [6.07, 6.45) is 1.74. The van der Waals surface area contributed by atoms with Crippen LogP contribution in [0.3, 0.4) is 0 Å². The molecule has 1 fully saturated rings. The number of nitrogens with two attached hydrogens (primary N) is 1. The molecular weight excluding hydrogens is 150 g/mol. The van der Waals surface area contributed by atoms with Crippen LogP contribution in [0, 0.1) is 12.3 Å². The molecule has 0 amide bonds. The highest BCUT2D eigenvalue weighted by molar-refractivity contribution is 5.32. The number of hydrogen-bond donors (Lipinski definition) is 1. The third-order valence-electron chi connectivity index (χ3n) is 3.09.